The summed E-state index contributed by atoms with van der Waals surface area (Å²) in [5.41, 5.74) is 0. The van der Waals surface area contributed by atoms with E-state index in [1.165, 1.54) is 0 Å². The molecule has 0 radical (unpaired) electrons. The van der Waals surface area contributed by atoms with Crippen LogP contribution in [0.5, 0.6) is 0 Å². The van der Waals surface area contributed by atoms with Gasteiger partial charge >= 0.3 is 0 Å². The molecule has 0 bridgehead atoms. The van der Waals surface area contributed by atoms with Crippen molar-refractivity contribution < 1.29 is 9.63 Å². The zero-order chi connectivity index (χ0) is 7.11. The molecule has 0 saturated carbocycles. The Morgan fingerprint density at radius 1 is 1.89 bits per heavy atom. The van der Waals surface area contributed by atoms with Gasteiger partial charge in [-0.15, -0.1) is 0 Å². The van der Waals surface area contributed by atoms with Crippen LogP contribution in [0.3, 0.4) is 0 Å². The molecule has 0 spiro atoms. The zero-order valence-electron chi connectivity index (χ0n) is 5.55. The number of nitrogens with one attached hydrogen (secondary N) is 1. The van der Waals surface area contributed by atoms with Gasteiger partial charge in [-0.1, -0.05) is 5.16 Å². The molecule has 0 fully saturated rings. The highest BCUT2D eigenvalue weighted by Gasteiger charge is 1.83. The summed E-state index contributed by atoms with van der Waals surface area (Å²) in [4.78, 5) is 14.3. The maximum Gasteiger partial charge on any atom is 0.212 e. The largest absolute Gasteiger partial charge is 0.395 e. The number of hydrogen-bond acceptors (Lipinski definition) is 3. The van der Waals surface area contributed by atoms with Crippen molar-refractivity contribution in [1.82, 2.24) is 5.32 Å². The maximum absolute atomic E-state index is 9.73. The molecule has 0 atom stereocenters. The Labute approximate surface area is 53.9 Å². The van der Waals surface area contributed by atoms with Gasteiger partial charge in [0.1, 0.15) is 12.4 Å². The Morgan fingerprint density at radius 3 is 3.00 bits per heavy atom. The molecule has 0 aliphatic carbocycles. The Bertz CT molecular complexity index is 112. The molecular weight excluding hydrogens is 120 g/mol. The molecule has 0 aliphatic rings. The van der Waals surface area contributed by atoms with Gasteiger partial charge in [0.05, 0.1) is 0 Å². The van der Waals surface area contributed by atoms with E-state index < -0.39 is 0 Å². The third-order valence-electron chi connectivity index (χ3n) is 0.598. The Hall–Kier alpha value is -1.06. The van der Waals surface area contributed by atoms with Crippen LogP contribution in [0.25, 0.3) is 0 Å². The normalized spacial score (nSPS) is 10.7. The van der Waals surface area contributed by atoms with Gasteiger partial charge in [-0.25, -0.2) is 0 Å². The van der Waals surface area contributed by atoms with Crippen molar-refractivity contribution in [1.29, 1.82) is 0 Å². The van der Waals surface area contributed by atoms with Crippen molar-refractivity contribution in [2.24, 2.45) is 5.16 Å². The minimum Gasteiger partial charge on any atom is -0.395 e. The highest BCUT2D eigenvalue weighted by Crippen LogP contribution is 1.74. The van der Waals surface area contributed by atoms with E-state index in [9.17, 15) is 4.79 Å². The first-order valence-corrected chi connectivity index (χ1v) is 2.68. The minimum atomic E-state index is 0.465. The second kappa shape index (κ2) is 5.08. The summed E-state index contributed by atoms with van der Waals surface area (Å²) < 4.78 is 0. The molecule has 0 aliphatic heterocycles. The van der Waals surface area contributed by atoms with Crippen molar-refractivity contribution in [2.75, 3.05) is 6.61 Å². The number of amidine groups is 1. The SMILES string of the molecule is CCON=C(C)NC=O. The highest BCUT2D eigenvalue weighted by atomic mass is 16.6. The third-order valence-corrected chi connectivity index (χ3v) is 0.598. The predicted octanol–water partition coefficient (Wildman–Crippen LogP) is 0.102. The number of oxime groups is 1. The molecular formula is C5H10N2O2. The van der Waals surface area contributed by atoms with Crippen LogP contribution in [0.2, 0.25) is 0 Å². The molecule has 0 unspecified atom stereocenters. The summed E-state index contributed by atoms with van der Waals surface area (Å²) in [6, 6.07) is 0. The molecule has 0 aromatic heterocycles. The maximum atomic E-state index is 9.73. The van der Waals surface area contributed by atoms with Gasteiger partial charge in [0, 0.05) is 0 Å². The van der Waals surface area contributed by atoms with E-state index in [-0.39, 0.29) is 0 Å². The van der Waals surface area contributed by atoms with E-state index >= 15 is 0 Å². The fourth-order valence-electron chi connectivity index (χ4n) is 0.273. The van der Waals surface area contributed by atoms with Crippen LogP contribution in [0.15, 0.2) is 5.16 Å². The van der Waals surface area contributed by atoms with Crippen LogP contribution in [0, 0.1) is 0 Å². The van der Waals surface area contributed by atoms with Crippen LogP contribution < -0.4 is 5.32 Å². The topological polar surface area (TPSA) is 50.7 Å². The molecule has 4 nitrogen and oxygen atoms in total. The third kappa shape index (κ3) is 4.80. The minimum absolute atomic E-state index is 0.465. The standard InChI is InChI=1S/C5H10N2O2/c1-3-9-7-5(2)6-4-8/h4H,3H2,1-2H3,(H,6,7,8). The van der Waals surface area contributed by atoms with E-state index in [1.54, 1.807) is 6.92 Å². The number of hydrogen-bond donors (Lipinski definition) is 1. The summed E-state index contributed by atoms with van der Waals surface area (Å²) in [7, 11) is 0. The summed E-state index contributed by atoms with van der Waals surface area (Å²) in [6.07, 6.45) is 0.553. The lowest BCUT2D eigenvalue weighted by molar-refractivity contribution is -0.108. The molecule has 52 valence electrons. The lowest BCUT2D eigenvalue weighted by Gasteiger charge is -1.94. The van der Waals surface area contributed by atoms with Gasteiger partial charge in [0.25, 0.3) is 0 Å². The van der Waals surface area contributed by atoms with E-state index in [4.69, 9.17) is 0 Å². The summed E-state index contributed by atoms with van der Waals surface area (Å²) >= 11 is 0. The van der Waals surface area contributed by atoms with E-state index in [1.807, 2.05) is 6.92 Å². The predicted molar refractivity (Wildman–Crippen MR) is 33.9 cm³/mol. The molecule has 9 heavy (non-hydrogen) atoms. The molecule has 0 saturated heterocycles. The van der Waals surface area contributed by atoms with Gasteiger partial charge in [-0.05, 0) is 13.8 Å². The lowest BCUT2D eigenvalue weighted by atomic mass is 10.7. The number of carbonyl (C=O) groups is 1. The second-order valence-corrected chi connectivity index (χ2v) is 1.36. The van der Waals surface area contributed by atoms with E-state index in [2.05, 4.69) is 15.3 Å². The average Bonchev–Trinajstić information content (AvgIpc) is 1.85. The Morgan fingerprint density at radius 2 is 2.56 bits per heavy atom. The second-order valence-electron chi connectivity index (χ2n) is 1.36. The molecule has 4 heteroatoms. The van der Waals surface area contributed by atoms with Crippen molar-refractivity contribution in [3.8, 4) is 0 Å². The first-order chi connectivity index (χ1) is 4.31. The summed E-state index contributed by atoms with van der Waals surface area (Å²) in [5, 5.41) is 5.83. The number of carbonyl (C=O) groups excluding carboxylic acids is 1. The van der Waals surface area contributed by atoms with Crippen LogP contribution in [-0.4, -0.2) is 18.9 Å². The van der Waals surface area contributed by atoms with Gasteiger partial charge in [-0.3, -0.25) is 4.79 Å². The van der Waals surface area contributed by atoms with Crippen molar-refractivity contribution in [3.63, 3.8) is 0 Å². The first-order valence-electron chi connectivity index (χ1n) is 2.68. The number of rotatable bonds is 3. The Balaban J connectivity index is 3.42. The van der Waals surface area contributed by atoms with Crippen molar-refractivity contribution in [3.05, 3.63) is 0 Å². The van der Waals surface area contributed by atoms with Crippen LogP contribution in [0.1, 0.15) is 13.8 Å². The number of nitrogens with zero attached hydrogens (tertiary/aromatic N) is 1. The fraction of sp³-hybridized carbons (Fsp3) is 0.600. The monoisotopic (exact) mass is 130 g/mol. The number of amides is 1. The van der Waals surface area contributed by atoms with Crippen molar-refractivity contribution in [2.45, 2.75) is 13.8 Å². The molecule has 0 rings (SSSR count). The van der Waals surface area contributed by atoms with Crippen LogP contribution in [-0.2, 0) is 9.63 Å². The average molecular weight is 130 g/mol. The molecule has 1 amide bonds. The van der Waals surface area contributed by atoms with E-state index in [0.717, 1.165) is 0 Å². The van der Waals surface area contributed by atoms with Gasteiger partial charge in [0.2, 0.25) is 6.41 Å². The lowest BCUT2D eigenvalue weighted by Crippen LogP contribution is -2.17. The Kier molecular flexibility index (Phi) is 4.49. The molecule has 0 aromatic carbocycles. The van der Waals surface area contributed by atoms with Gasteiger partial charge < -0.3 is 10.2 Å². The zero-order valence-corrected chi connectivity index (χ0v) is 5.55. The van der Waals surface area contributed by atoms with Gasteiger partial charge in [-0.2, -0.15) is 0 Å². The van der Waals surface area contributed by atoms with Crippen molar-refractivity contribution >= 4 is 12.2 Å². The highest BCUT2D eigenvalue weighted by molar-refractivity contribution is 5.87. The van der Waals surface area contributed by atoms with Crippen LogP contribution in [0.4, 0.5) is 0 Å². The molecule has 0 aromatic rings. The summed E-state index contributed by atoms with van der Waals surface area (Å²) in [6.45, 7) is 3.97. The molecule has 1 N–H and O–H groups in total. The fourth-order valence-corrected chi connectivity index (χ4v) is 0.273. The van der Waals surface area contributed by atoms with Gasteiger partial charge in [0.15, 0.2) is 0 Å². The first kappa shape index (κ1) is 7.94. The smallest absolute Gasteiger partial charge is 0.212 e. The molecule has 0 heterocycles. The van der Waals surface area contributed by atoms with E-state index in [0.29, 0.717) is 18.9 Å². The van der Waals surface area contributed by atoms with Crippen LogP contribution >= 0.6 is 0 Å². The quantitative estimate of drug-likeness (QED) is 0.255. The summed E-state index contributed by atoms with van der Waals surface area (Å²) in [5.74, 6) is 0.465.